The van der Waals surface area contributed by atoms with Crippen LogP contribution in [0.3, 0.4) is 0 Å². The highest BCUT2D eigenvalue weighted by Gasteiger charge is 2.19. The van der Waals surface area contributed by atoms with Gasteiger partial charge >= 0.3 is 5.97 Å². The first kappa shape index (κ1) is 15.6. The number of hydrogen-bond donors (Lipinski definition) is 1. The first-order valence-corrected chi connectivity index (χ1v) is 7.28. The zero-order chi connectivity index (χ0) is 15.6. The molecule has 0 aliphatic rings. The number of aromatic carboxylic acids is 1. The number of nitro groups is 1. The van der Waals surface area contributed by atoms with Gasteiger partial charge in [-0.2, -0.15) is 0 Å². The third-order valence-electron chi connectivity index (χ3n) is 2.39. The molecule has 0 fully saturated rings. The molecule has 1 heterocycles. The summed E-state index contributed by atoms with van der Waals surface area (Å²) in [6.45, 7) is 0. The molecule has 0 unspecified atom stereocenters. The normalized spacial score (nSPS) is 10.4. The topological polar surface area (TPSA) is 93.3 Å². The lowest BCUT2D eigenvalue weighted by atomic mass is 10.3. The Morgan fingerprint density at radius 1 is 1.43 bits per heavy atom. The van der Waals surface area contributed by atoms with Crippen molar-refractivity contribution in [3.63, 3.8) is 0 Å². The van der Waals surface area contributed by atoms with E-state index < -0.39 is 16.7 Å². The van der Waals surface area contributed by atoms with Crippen LogP contribution in [-0.2, 0) is 0 Å². The van der Waals surface area contributed by atoms with Gasteiger partial charge in [0.2, 0.25) is 0 Å². The van der Waals surface area contributed by atoms with Crippen LogP contribution in [0.2, 0.25) is 0 Å². The lowest BCUT2D eigenvalue weighted by Crippen LogP contribution is -1.98. The fourth-order valence-corrected chi connectivity index (χ4v) is 2.83. The molecule has 0 atom stereocenters. The van der Waals surface area contributed by atoms with Crippen LogP contribution >= 0.6 is 34.4 Å². The summed E-state index contributed by atoms with van der Waals surface area (Å²) in [4.78, 5) is 25.2. The summed E-state index contributed by atoms with van der Waals surface area (Å²) in [6.07, 6.45) is 1.28. The molecule has 2 aromatic rings. The van der Waals surface area contributed by atoms with E-state index in [1.54, 1.807) is 22.6 Å². The van der Waals surface area contributed by atoms with Gasteiger partial charge in [0.15, 0.2) is 0 Å². The summed E-state index contributed by atoms with van der Waals surface area (Å²) >= 11 is 2.50. The minimum Gasteiger partial charge on any atom is -0.478 e. The van der Waals surface area contributed by atoms with Crippen molar-refractivity contribution in [2.24, 2.45) is 0 Å². The molecule has 0 spiro atoms. The van der Waals surface area contributed by atoms with Crippen molar-refractivity contribution < 1.29 is 19.2 Å². The number of carboxylic acids is 1. The number of rotatable bonds is 4. The summed E-state index contributed by atoms with van der Waals surface area (Å²) in [5.74, 6) is -1.72. The Hall–Kier alpha value is -1.75. The molecule has 1 N–H and O–H groups in total. The number of nitrogens with zero attached hydrogens (tertiary/aromatic N) is 2. The minimum atomic E-state index is -1.14. The Bertz CT molecular complexity index is 741. The van der Waals surface area contributed by atoms with Crippen LogP contribution in [0.5, 0.6) is 0 Å². The van der Waals surface area contributed by atoms with E-state index in [2.05, 4.69) is 4.98 Å². The number of carboxylic acid groups (broad SMARTS) is 1. The summed E-state index contributed by atoms with van der Waals surface area (Å²) < 4.78 is 13.7. The number of benzene rings is 1. The summed E-state index contributed by atoms with van der Waals surface area (Å²) in [6, 6.07) is 4.74. The molecule has 108 valence electrons. The summed E-state index contributed by atoms with van der Waals surface area (Å²) in [7, 11) is 0. The SMILES string of the molecule is O=C(O)c1ccnc(Sc2cc(F)c(I)cc2[N+](=O)[O-])c1. The summed E-state index contributed by atoms with van der Waals surface area (Å²) in [5, 5.41) is 20.1. The van der Waals surface area contributed by atoms with Gasteiger partial charge in [-0.1, -0.05) is 11.8 Å². The second-order valence-corrected chi connectivity index (χ2v) is 6.01. The van der Waals surface area contributed by atoms with Gasteiger partial charge in [-0.25, -0.2) is 14.2 Å². The Kier molecular flexibility index (Phi) is 4.73. The quantitative estimate of drug-likeness (QED) is 0.462. The maximum Gasteiger partial charge on any atom is 0.335 e. The molecule has 21 heavy (non-hydrogen) atoms. The maximum atomic E-state index is 13.6. The van der Waals surface area contributed by atoms with Crippen LogP contribution in [-0.4, -0.2) is 21.0 Å². The fourth-order valence-electron chi connectivity index (χ4n) is 1.45. The predicted octanol–water partition coefficient (Wildman–Crippen LogP) is 3.58. The number of pyridine rings is 1. The van der Waals surface area contributed by atoms with Gasteiger partial charge < -0.3 is 5.11 Å². The smallest absolute Gasteiger partial charge is 0.335 e. The largest absolute Gasteiger partial charge is 0.478 e. The van der Waals surface area contributed by atoms with Crippen LogP contribution in [0.4, 0.5) is 10.1 Å². The molecule has 0 saturated heterocycles. The lowest BCUT2D eigenvalue weighted by molar-refractivity contribution is -0.387. The number of nitro benzene ring substituents is 1. The van der Waals surface area contributed by atoms with E-state index in [1.807, 2.05) is 0 Å². The van der Waals surface area contributed by atoms with Gasteiger partial charge in [-0.15, -0.1) is 0 Å². The Morgan fingerprint density at radius 3 is 2.76 bits per heavy atom. The van der Waals surface area contributed by atoms with Gasteiger partial charge in [0.1, 0.15) is 10.8 Å². The van der Waals surface area contributed by atoms with E-state index in [9.17, 15) is 19.3 Å². The van der Waals surface area contributed by atoms with Crippen molar-refractivity contribution in [2.45, 2.75) is 9.92 Å². The van der Waals surface area contributed by atoms with Crippen LogP contribution in [0, 0.1) is 19.5 Å². The predicted molar refractivity (Wildman–Crippen MR) is 81.1 cm³/mol. The second kappa shape index (κ2) is 6.35. The van der Waals surface area contributed by atoms with Gasteiger partial charge in [-0.3, -0.25) is 10.1 Å². The van der Waals surface area contributed by atoms with Gasteiger partial charge in [0, 0.05) is 12.3 Å². The molecule has 1 aromatic heterocycles. The second-order valence-electron chi connectivity index (χ2n) is 3.78. The Morgan fingerprint density at radius 2 is 2.14 bits per heavy atom. The van der Waals surface area contributed by atoms with Crippen molar-refractivity contribution in [2.75, 3.05) is 0 Å². The standard InChI is InChI=1S/C12H6FIN2O4S/c13-7-4-10(9(16(19)20)5-8(7)14)21-11-3-6(12(17)18)1-2-15-11/h1-5H,(H,17,18). The maximum absolute atomic E-state index is 13.6. The van der Waals surface area contributed by atoms with Crippen molar-refractivity contribution in [1.82, 2.24) is 4.98 Å². The molecule has 9 heteroatoms. The molecule has 0 aliphatic carbocycles. The molecular weight excluding hydrogens is 414 g/mol. The molecule has 2 rings (SSSR count). The lowest BCUT2D eigenvalue weighted by Gasteiger charge is -2.04. The highest BCUT2D eigenvalue weighted by Crippen LogP contribution is 2.36. The van der Waals surface area contributed by atoms with Crippen LogP contribution in [0.1, 0.15) is 10.4 Å². The van der Waals surface area contributed by atoms with Crippen molar-refractivity contribution in [3.05, 3.63) is 55.5 Å². The Labute approximate surface area is 135 Å². The van der Waals surface area contributed by atoms with Crippen molar-refractivity contribution >= 4 is 46.0 Å². The average molecular weight is 420 g/mol. The van der Waals surface area contributed by atoms with Gasteiger partial charge in [-0.05, 0) is 40.8 Å². The first-order valence-electron chi connectivity index (χ1n) is 5.39. The molecule has 1 aromatic carbocycles. The highest BCUT2D eigenvalue weighted by atomic mass is 127. The fraction of sp³-hybridized carbons (Fsp3) is 0. The van der Waals surface area contributed by atoms with E-state index in [4.69, 9.17) is 5.11 Å². The third-order valence-corrected chi connectivity index (χ3v) is 4.20. The zero-order valence-corrected chi connectivity index (χ0v) is 13.1. The minimum absolute atomic E-state index is 0.00105. The molecular formula is C12H6FIN2O4S. The molecule has 0 amide bonds. The third kappa shape index (κ3) is 3.67. The van der Waals surface area contributed by atoms with Crippen LogP contribution in [0.15, 0.2) is 40.4 Å². The Balaban J connectivity index is 2.43. The van der Waals surface area contributed by atoms with E-state index in [0.29, 0.717) is 0 Å². The average Bonchev–Trinajstić information content (AvgIpc) is 2.42. The highest BCUT2D eigenvalue weighted by molar-refractivity contribution is 14.1. The van der Waals surface area contributed by atoms with E-state index in [1.165, 1.54) is 18.3 Å². The molecule has 0 aliphatic heterocycles. The summed E-state index contributed by atoms with van der Waals surface area (Å²) in [5.41, 5.74) is -0.255. The molecule has 0 saturated carbocycles. The molecule has 0 radical (unpaired) electrons. The molecule has 0 bridgehead atoms. The zero-order valence-electron chi connectivity index (χ0n) is 10.1. The van der Waals surface area contributed by atoms with Crippen molar-refractivity contribution in [1.29, 1.82) is 0 Å². The number of aromatic nitrogens is 1. The monoisotopic (exact) mass is 420 g/mol. The van der Waals surface area contributed by atoms with Gasteiger partial charge in [0.25, 0.3) is 5.69 Å². The van der Waals surface area contributed by atoms with Crippen LogP contribution in [0.25, 0.3) is 0 Å². The van der Waals surface area contributed by atoms with Crippen LogP contribution < -0.4 is 0 Å². The van der Waals surface area contributed by atoms with Gasteiger partial charge in [0.05, 0.1) is 19.0 Å². The number of carbonyl (C=O) groups is 1. The first-order chi connectivity index (χ1) is 9.88. The molecule has 6 nitrogen and oxygen atoms in total. The number of hydrogen-bond acceptors (Lipinski definition) is 5. The van der Waals surface area contributed by atoms with Crippen molar-refractivity contribution in [3.8, 4) is 0 Å². The van der Waals surface area contributed by atoms with E-state index in [0.717, 1.165) is 23.9 Å². The van der Waals surface area contributed by atoms with E-state index in [-0.39, 0.29) is 24.7 Å². The van der Waals surface area contributed by atoms with E-state index >= 15 is 0 Å². The number of halogens is 2.